The summed E-state index contributed by atoms with van der Waals surface area (Å²) in [6.45, 7) is 1.85. The zero-order chi connectivity index (χ0) is 16.5. The van der Waals surface area contributed by atoms with Gasteiger partial charge in [-0.2, -0.15) is 0 Å². The third-order valence-electron chi connectivity index (χ3n) is 4.55. The Hall–Kier alpha value is -2.40. The monoisotopic (exact) mass is 360 g/mol. The normalized spacial score (nSPS) is 15.1. The van der Waals surface area contributed by atoms with Crippen LogP contribution >= 0.6 is 12.4 Å². The Morgan fingerprint density at radius 3 is 2.76 bits per heavy atom. The maximum absolute atomic E-state index is 12.8. The molecule has 0 aliphatic carbocycles. The van der Waals surface area contributed by atoms with E-state index in [4.69, 9.17) is 15.2 Å². The van der Waals surface area contributed by atoms with Crippen LogP contribution in [0.4, 0.5) is 11.4 Å². The summed E-state index contributed by atoms with van der Waals surface area (Å²) < 4.78 is 11.1. The molecule has 0 saturated carbocycles. The van der Waals surface area contributed by atoms with Gasteiger partial charge in [-0.15, -0.1) is 12.4 Å². The number of nitrogen functional groups attached to an aromatic ring is 1. The molecule has 2 heterocycles. The smallest absolute Gasteiger partial charge is 0.231 e. The van der Waals surface area contributed by atoms with E-state index in [1.54, 1.807) is 0 Å². The van der Waals surface area contributed by atoms with Crippen LogP contribution in [0, 0.1) is 0 Å². The molecule has 2 aromatic carbocycles. The summed E-state index contributed by atoms with van der Waals surface area (Å²) in [5.74, 6) is 1.54. The number of carbonyl (C=O) groups excluding carboxylic acids is 1. The standard InChI is InChI=1S/C19H20N2O3.ClH/c20-15-4-1-5-16-14(15)3-2-8-21(16)19(22)12-13-6-7-17-18(11-13)24-10-9-23-17;/h1,4-7,11H,2-3,8-10,12,20H2;1H. The van der Waals surface area contributed by atoms with Crippen molar-refractivity contribution in [3.05, 3.63) is 47.5 Å². The molecule has 0 aromatic heterocycles. The molecule has 0 saturated heterocycles. The van der Waals surface area contributed by atoms with Crippen molar-refractivity contribution in [2.24, 2.45) is 0 Å². The molecule has 0 unspecified atom stereocenters. The largest absolute Gasteiger partial charge is 0.486 e. The lowest BCUT2D eigenvalue weighted by molar-refractivity contribution is -0.118. The maximum Gasteiger partial charge on any atom is 0.231 e. The average Bonchev–Trinajstić information content (AvgIpc) is 2.61. The zero-order valence-corrected chi connectivity index (χ0v) is 14.7. The second-order valence-electron chi connectivity index (χ2n) is 6.15. The van der Waals surface area contributed by atoms with Gasteiger partial charge in [-0.25, -0.2) is 0 Å². The van der Waals surface area contributed by atoms with Gasteiger partial charge in [0.05, 0.1) is 6.42 Å². The molecule has 0 atom stereocenters. The van der Waals surface area contributed by atoms with Crippen LogP contribution in [0.2, 0.25) is 0 Å². The number of benzene rings is 2. The van der Waals surface area contributed by atoms with E-state index < -0.39 is 0 Å². The fourth-order valence-corrected chi connectivity index (χ4v) is 3.38. The van der Waals surface area contributed by atoms with Crippen molar-refractivity contribution >= 4 is 29.7 Å². The first kappa shape index (κ1) is 17.4. The van der Waals surface area contributed by atoms with Crippen molar-refractivity contribution in [2.75, 3.05) is 30.4 Å². The summed E-state index contributed by atoms with van der Waals surface area (Å²) in [5.41, 5.74) is 9.79. The van der Waals surface area contributed by atoms with E-state index in [2.05, 4.69) is 0 Å². The summed E-state index contributed by atoms with van der Waals surface area (Å²) in [4.78, 5) is 14.7. The number of halogens is 1. The first-order chi connectivity index (χ1) is 11.7. The first-order valence-electron chi connectivity index (χ1n) is 8.28. The van der Waals surface area contributed by atoms with E-state index >= 15 is 0 Å². The highest BCUT2D eigenvalue weighted by molar-refractivity contribution is 5.96. The van der Waals surface area contributed by atoms with Crippen molar-refractivity contribution in [1.82, 2.24) is 0 Å². The van der Waals surface area contributed by atoms with Crippen LogP contribution in [0.15, 0.2) is 36.4 Å². The molecule has 0 fully saturated rings. The van der Waals surface area contributed by atoms with Crippen LogP contribution in [0.25, 0.3) is 0 Å². The lowest BCUT2D eigenvalue weighted by atomic mass is 9.99. The van der Waals surface area contributed by atoms with E-state index in [0.29, 0.717) is 19.6 Å². The number of amides is 1. The molecule has 0 bridgehead atoms. The average molecular weight is 361 g/mol. The number of hydrogen-bond donors (Lipinski definition) is 1. The van der Waals surface area contributed by atoms with Crippen molar-refractivity contribution in [3.63, 3.8) is 0 Å². The Balaban J connectivity index is 0.00000182. The molecule has 6 heteroatoms. The van der Waals surface area contributed by atoms with Gasteiger partial charge in [-0.05, 0) is 48.2 Å². The van der Waals surface area contributed by atoms with Gasteiger partial charge in [0.2, 0.25) is 5.91 Å². The number of rotatable bonds is 2. The quantitative estimate of drug-likeness (QED) is 0.836. The number of carbonyl (C=O) groups is 1. The highest BCUT2D eigenvalue weighted by atomic mass is 35.5. The van der Waals surface area contributed by atoms with Crippen molar-refractivity contribution < 1.29 is 14.3 Å². The van der Waals surface area contributed by atoms with E-state index in [9.17, 15) is 4.79 Å². The summed E-state index contributed by atoms with van der Waals surface area (Å²) in [7, 11) is 0. The number of nitrogens with two attached hydrogens (primary N) is 1. The van der Waals surface area contributed by atoms with E-state index in [0.717, 1.165) is 53.4 Å². The lowest BCUT2D eigenvalue weighted by Crippen LogP contribution is -2.36. The summed E-state index contributed by atoms with van der Waals surface area (Å²) in [5, 5.41) is 0. The van der Waals surface area contributed by atoms with Crippen molar-refractivity contribution in [1.29, 1.82) is 0 Å². The number of ether oxygens (including phenoxy) is 2. The minimum Gasteiger partial charge on any atom is -0.486 e. The highest BCUT2D eigenvalue weighted by Gasteiger charge is 2.24. The van der Waals surface area contributed by atoms with Gasteiger partial charge >= 0.3 is 0 Å². The molecular formula is C19H21ClN2O3. The minimum absolute atomic E-state index is 0. The van der Waals surface area contributed by atoms with Crippen LogP contribution in [-0.4, -0.2) is 25.7 Å². The Bertz CT molecular complexity index is 794. The van der Waals surface area contributed by atoms with E-state index in [1.807, 2.05) is 41.3 Å². The summed E-state index contributed by atoms with van der Waals surface area (Å²) >= 11 is 0. The molecular weight excluding hydrogens is 340 g/mol. The van der Waals surface area contributed by atoms with Crippen LogP contribution in [0.3, 0.4) is 0 Å². The summed E-state index contributed by atoms with van der Waals surface area (Å²) in [6, 6.07) is 11.5. The van der Waals surface area contributed by atoms with Gasteiger partial charge in [0.1, 0.15) is 13.2 Å². The van der Waals surface area contributed by atoms with E-state index in [-0.39, 0.29) is 18.3 Å². The highest BCUT2D eigenvalue weighted by Crippen LogP contribution is 2.33. The Morgan fingerprint density at radius 1 is 1.12 bits per heavy atom. The fraction of sp³-hybridized carbons (Fsp3) is 0.316. The number of fused-ring (bicyclic) bond motifs is 2. The van der Waals surface area contributed by atoms with Gasteiger partial charge < -0.3 is 20.1 Å². The maximum atomic E-state index is 12.8. The molecule has 0 radical (unpaired) electrons. The van der Waals surface area contributed by atoms with Crippen molar-refractivity contribution in [2.45, 2.75) is 19.3 Å². The molecule has 25 heavy (non-hydrogen) atoms. The predicted molar refractivity (Wildman–Crippen MR) is 99.9 cm³/mol. The Kier molecular flexibility index (Phi) is 5.04. The van der Waals surface area contributed by atoms with Gasteiger partial charge in [-0.1, -0.05) is 12.1 Å². The predicted octanol–water partition coefficient (Wildman–Crippen LogP) is 2.98. The number of nitrogens with zero attached hydrogens (tertiary/aromatic N) is 1. The number of anilines is 2. The molecule has 2 N–H and O–H groups in total. The topological polar surface area (TPSA) is 64.8 Å². The molecule has 132 valence electrons. The molecule has 2 aromatic rings. The lowest BCUT2D eigenvalue weighted by Gasteiger charge is -2.30. The molecule has 0 spiro atoms. The van der Waals surface area contributed by atoms with Gasteiger partial charge in [0, 0.05) is 17.9 Å². The van der Waals surface area contributed by atoms with Crippen LogP contribution in [0.1, 0.15) is 17.5 Å². The summed E-state index contributed by atoms with van der Waals surface area (Å²) in [6.07, 6.45) is 2.20. The first-order valence-corrected chi connectivity index (χ1v) is 8.28. The second-order valence-corrected chi connectivity index (χ2v) is 6.15. The SMILES string of the molecule is Cl.Nc1cccc2c1CCCN2C(=O)Cc1ccc2c(c1)OCCO2. The Morgan fingerprint density at radius 2 is 1.92 bits per heavy atom. The van der Waals surface area contributed by atoms with Gasteiger partial charge in [-0.3, -0.25) is 4.79 Å². The molecule has 2 aliphatic heterocycles. The third kappa shape index (κ3) is 3.37. The molecule has 4 rings (SSSR count). The van der Waals surface area contributed by atoms with Crippen LogP contribution < -0.4 is 20.1 Å². The minimum atomic E-state index is 0. The second kappa shape index (κ2) is 7.23. The number of hydrogen-bond acceptors (Lipinski definition) is 4. The Labute approximate surface area is 153 Å². The van der Waals surface area contributed by atoms with E-state index in [1.165, 1.54) is 0 Å². The molecule has 1 amide bonds. The van der Waals surface area contributed by atoms with Gasteiger partial charge in [0.25, 0.3) is 0 Å². The zero-order valence-electron chi connectivity index (χ0n) is 13.9. The fourth-order valence-electron chi connectivity index (χ4n) is 3.38. The molecule has 2 aliphatic rings. The van der Waals surface area contributed by atoms with Crippen LogP contribution in [-0.2, 0) is 17.6 Å². The van der Waals surface area contributed by atoms with Crippen molar-refractivity contribution in [3.8, 4) is 11.5 Å². The van der Waals surface area contributed by atoms with Crippen LogP contribution in [0.5, 0.6) is 11.5 Å². The van der Waals surface area contributed by atoms with Gasteiger partial charge in [0.15, 0.2) is 11.5 Å². The molecule has 5 nitrogen and oxygen atoms in total. The third-order valence-corrected chi connectivity index (χ3v) is 4.55.